The number of benzene rings is 1. The maximum Gasteiger partial charge on any atom is 0.304 e. The molecule has 0 unspecified atom stereocenters. The number of ether oxygens (including phenoxy) is 1. The lowest BCUT2D eigenvalue weighted by molar-refractivity contribution is -0.383. The average molecular weight is 308 g/mol. The van der Waals surface area contributed by atoms with Crippen molar-refractivity contribution in [2.45, 2.75) is 13.0 Å². The Hall–Kier alpha value is -2.12. The van der Waals surface area contributed by atoms with Crippen molar-refractivity contribution in [3.63, 3.8) is 0 Å². The molecule has 1 N–H and O–H groups in total. The van der Waals surface area contributed by atoms with Gasteiger partial charge >= 0.3 is 5.69 Å². The highest BCUT2D eigenvalue weighted by Gasteiger charge is 2.24. The number of thiophene rings is 1. The molecule has 1 aromatic heterocycles. The summed E-state index contributed by atoms with van der Waals surface area (Å²) in [6, 6.07) is 8.68. The van der Waals surface area contributed by atoms with E-state index in [1.807, 2.05) is 12.1 Å². The van der Waals surface area contributed by atoms with Gasteiger partial charge in [0.25, 0.3) is 0 Å². The molecule has 0 aliphatic heterocycles. The second-order valence-electron chi connectivity index (χ2n) is 4.53. The summed E-state index contributed by atoms with van der Waals surface area (Å²) in [4.78, 5) is 13.0. The minimum absolute atomic E-state index is 0.0128. The van der Waals surface area contributed by atoms with Gasteiger partial charge in [0.05, 0.1) is 18.1 Å². The third-order valence-electron chi connectivity index (χ3n) is 3.07. The first-order chi connectivity index (χ1) is 9.93. The van der Waals surface area contributed by atoms with E-state index in [4.69, 9.17) is 4.74 Å². The number of aliphatic hydroxyl groups excluding tert-OH is 1. The van der Waals surface area contributed by atoms with Crippen molar-refractivity contribution >= 4 is 27.7 Å². The van der Waals surface area contributed by atoms with Crippen molar-refractivity contribution in [3.05, 3.63) is 45.3 Å². The predicted octanol–water partition coefficient (Wildman–Crippen LogP) is 3.49. The molecule has 0 saturated heterocycles. The molecule has 112 valence electrons. The van der Waals surface area contributed by atoms with E-state index < -0.39 is 11.0 Å². The average Bonchev–Trinajstić information content (AvgIpc) is 2.92. The molecule has 2 aromatic rings. The molecule has 21 heavy (non-hydrogen) atoms. The molecule has 6 nitrogen and oxygen atoms in total. The maximum absolute atomic E-state index is 11.2. The summed E-state index contributed by atoms with van der Waals surface area (Å²) < 4.78 is 5.16. The highest BCUT2D eigenvalue weighted by atomic mass is 32.1. The van der Waals surface area contributed by atoms with Crippen LogP contribution in [0.3, 0.4) is 0 Å². The van der Waals surface area contributed by atoms with Crippen LogP contribution >= 0.6 is 11.3 Å². The fraction of sp³-hybridized carbons (Fsp3) is 0.286. The second kappa shape index (κ2) is 6.11. The number of rotatable bonds is 5. The van der Waals surface area contributed by atoms with Crippen LogP contribution in [0.2, 0.25) is 0 Å². The van der Waals surface area contributed by atoms with E-state index in [-0.39, 0.29) is 5.69 Å². The van der Waals surface area contributed by atoms with E-state index in [0.29, 0.717) is 15.6 Å². The van der Waals surface area contributed by atoms with Crippen LogP contribution in [0.4, 0.5) is 16.4 Å². The van der Waals surface area contributed by atoms with Crippen molar-refractivity contribution < 1.29 is 14.8 Å². The Bertz CT molecular complexity index is 654. The van der Waals surface area contributed by atoms with Crippen LogP contribution in [-0.2, 0) is 0 Å². The molecule has 0 saturated carbocycles. The van der Waals surface area contributed by atoms with Crippen LogP contribution in [0.25, 0.3) is 0 Å². The molecule has 1 aromatic carbocycles. The fourth-order valence-electron chi connectivity index (χ4n) is 1.90. The molecule has 0 spiro atoms. The number of anilines is 2. The van der Waals surface area contributed by atoms with Gasteiger partial charge in [-0.3, -0.25) is 10.1 Å². The Morgan fingerprint density at radius 1 is 1.43 bits per heavy atom. The van der Waals surface area contributed by atoms with Crippen LogP contribution < -0.4 is 9.64 Å². The van der Waals surface area contributed by atoms with E-state index in [1.165, 1.54) is 17.4 Å². The van der Waals surface area contributed by atoms with Crippen molar-refractivity contribution in [2.24, 2.45) is 0 Å². The van der Waals surface area contributed by atoms with Gasteiger partial charge in [-0.2, -0.15) is 0 Å². The quantitative estimate of drug-likeness (QED) is 0.676. The van der Waals surface area contributed by atoms with Gasteiger partial charge in [0, 0.05) is 29.7 Å². The number of nitrogens with zero attached hydrogens (tertiary/aromatic N) is 2. The Labute approximate surface area is 126 Å². The van der Waals surface area contributed by atoms with Crippen molar-refractivity contribution in [3.8, 4) is 5.75 Å². The van der Waals surface area contributed by atoms with Crippen LogP contribution in [0.15, 0.2) is 30.3 Å². The molecule has 0 fully saturated rings. The van der Waals surface area contributed by atoms with Gasteiger partial charge in [-0.15, -0.1) is 11.3 Å². The topological polar surface area (TPSA) is 75.8 Å². The van der Waals surface area contributed by atoms with Gasteiger partial charge in [0.1, 0.15) is 5.75 Å². The monoisotopic (exact) mass is 308 g/mol. The lowest BCUT2D eigenvalue weighted by Gasteiger charge is -2.17. The summed E-state index contributed by atoms with van der Waals surface area (Å²) in [5.41, 5.74) is 0.762. The molecule has 0 amide bonds. The highest BCUT2D eigenvalue weighted by molar-refractivity contribution is 7.16. The van der Waals surface area contributed by atoms with Crippen molar-refractivity contribution in [1.82, 2.24) is 0 Å². The number of aliphatic hydroxyl groups is 1. The van der Waals surface area contributed by atoms with E-state index in [0.717, 1.165) is 5.69 Å². The molecular formula is C14H16N2O4S. The summed E-state index contributed by atoms with van der Waals surface area (Å²) in [7, 11) is 3.32. The minimum Gasteiger partial charge on any atom is -0.497 e. The number of hydrogen-bond donors (Lipinski definition) is 1. The lowest BCUT2D eigenvalue weighted by Crippen LogP contribution is -2.09. The van der Waals surface area contributed by atoms with E-state index in [1.54, 1.807) is 38.1 Å². The molecular weight excluding hydrogens is 292 g/mol. The third-order valence-corrected chi connectivity index (χ3v) is 4.44. The molecule has 1 heterocycles. The first kappa shape index (κ1) is 15.3. The van der Waals surface area contributed by atoms with Crippen LogP contribution in [-0.4, -0.2) is 24.2 Å². The first-order valence-corrected chi connectivity index (χ1v) is 7.09. The number of nitro groups is 1. The summed E-state index contributed by atoms with van der Waals surface area (Å²) in [5, 5.41) is 21.3. The van der Waals surface area contributed by atoms with Gasteiger partial charge < -0.3 is 14.7 Å². The van der Waals surface area contributed by atoms with Crippen molar-refractivity contribution in [2.75, 3.05) is 19.1 Å². The zero-order valence-electron chi connectivity index (χ0n) is 11.9. The third kappa shape index (κ3) is 3.14. The Morgan fingerprint density at radius 3 is 2.71 bits per heavy atom. The van der Waals surface area contributed by atoms with Gasteiger partial charge in [0.2, 0.25) is 0 Å². The summed E-state index contributed by atoms with van der Waals surface area (Å²) >= 11 is 1.21. The van der Waals surface area contributed by atoms with Gasteiger partial charge in [-0.05, 0) is 19.1 Å². The summed E-state index contributed by atoms with van der Waals surface area (Å²) in [6.07, 6.45) is -0.735. The lowest BCUT2D eigenvalue weighted by atomic mass is 10.2. The van der Waals surface area contributed by atoms with Gasteiger partial charge in [-0.1, -0.05) is 6.07 Å². The highest BCUT2D eigenvalue weighted by Crippen LogP contribution is 2.42. The van der Waals surface area contributed by atoms with Gasteiger partial charge in [-0.25, -0.2) is 0 Å². The van der Waals surface area contributed by atoms with Crippen molar-refractivity contribution in [1.29, 1.82) is 0 Å². The first-order valence-electron chi connectivity index (χ1n) is 6.28. The zero-order chi connectivity index (χ0) is 15.6. The largest absolute Gasteiger partial charge is 0.497 e. The minimum atomic E-state index is -0.735. The second-order valence-corrected chi connectivity index (χ2v) is 5.59. The van der Waals surface area contributed by atoms with Crippen LogP contribution in [0, 0.1) is 10.1 Å². The number of hydrogen-bond acceptors (Lipinski definition) is 6. The summed E-state index contributed by atoms with van der Waals surface area (Å²) in [5.74, 6) is 0.675. The Morgan fingerprint density at radius 2 is 2.14 bits per heavy atom. The normalized spacial score (nSPS) is 12.0. The number of methoxy groups -OCH3 is 1. The Balaban J connectivity index is 2.46. The molecule has 0 radical (unpaired) electrons. The molecule has 0 aliphatic carbocycles. The molecule has 2 rings (SSSR count). The summed E-state index contributed by atoms with van der Waals surface area (Å²) in [6.45, 7) is 1.59. The van der Waals surface area contributed by atoms with E-state index in [9.17, 15) is 15.2 Å². The standard InChI is InChI=1S/C14H16N2O4S/c1-9(17)13-8-12(16(18)19)14(21-13)15(2)10-5-4-6-11(7-10)20-3/h4-9,17H,1-3H3/t9-/m0/s1. The van der Waals surface area contributed by atoms with Crippen LogP contribution in [0.1, 0.15) is 17.9 Å². The predicted molar refractivity (Wildman–Crippen MR) is 82.7 cm³/mol. The Kier molecular flexibility index (Phi) is 4.44. The van der Waals surface area contributed by atoms with Crippen LogP contribution in [0.5, 0.6) is 5.75 Å². The van der Waals surface area contributed by atoms with Gasteiger partial charge in [0.15, 0.2) is 5.00 Å². The molecule has 7 heteroatoms. The molecule has 0 aliphatic rings. The van der Waals surface area contributed by atoms with E-state index in [2.05, 4.69) is 0 Å². The zero-order valence-corrected chi connectivity index (χ0v) is 12.8. The maximum atomic E-state index is 11.2. The SMILES string of the molecule is COc1cccc(N(C)c2sc([C@H](C)O)cc2[N+](=O)[O-])c1. The van der Waals surface area contributed by atoms with E-state index >= 15 is 0 Å². The molecule has 0 bridgehead atoms. The smallest absolute Gasteiger partial charge is 0.304 e. The fourth-order valence-corrected chi connectivity index (χ4v) is 2.95. The molecule has 1 atom stereocenters.